The first-order valence-electron chi connectivity index (χ1n) is 8.08. The summed E-state index contributed by atoms with van der Waals surface area (Å²) in [5.74, 6) is 0.0638. The molecule has 1 amide bonds. The van der Waals surface area contributed by atoms with Gasteiger partial charge in [0.05, 0.1) is 6.42 Å². The fourth-order valence-electron chi connectivity index (χ4n) is 2.57. The zero-order valence-electron chi connectivity index (χ0n) is 13.7. The fourth-order valence-corrected chi connectivity index (χ4v) is 2.57. The van der Waals surface area contributed by atoms with Gasteiger partial charge in [0, 0.05) is 11.3 Å². The molecule has 0 aliphatic rings. The lowest BCUT2D eigenvalue weighted by molar-refractivity contribution is -0.115. The van der Waals surface area contributed by atoms with Crippen molar-refractivity contribution in [3.8, 4) is 0 Å². The normalized spacial score (nSPS) is 11.7. The molecule has 120 valence electrons. The van der Waals surface area contributed by atoms with Crippen LogP contribution in [0.5, 0.6) is 0 Å². The van der Waals surface area contributed by atoms with Crippen molar-refractivity contribution in [3.05, 3.63) is 65.7 Å². The number of hydrogen-bond acceptors (Lipinski definition) is 2. The monoisotopic (exact) mass is 309 g/mol. The molecule has 0 heterocycles. The number of Topliss-reactive ketones (excluding diaryl/α,β-unsaturated/α-hetero) is 1. The first-order chi connectivity index (χ1) is 11.1. The maximum absolute atomic E-state index is 12.0. The molecule has 0 aromatic heterocycles. The van der Waals surface area contributed by atoms with Crippen LogP contribution in [0, 0.1) is 0 Å². The number of hydrogen-bond donors (Lipinski definition) is 1. The van der Waals surface area contributed by atoms with Gasteiger partial charge in [-0.05, 0) is 30.0 Å². The number of carbonyl (C=O) groups excluding carboxylic acids is 2. The summed E-state index contributed by atoms with van der Waals surface area (Å²) in [6.07, 6.45) is 2.16. The second-order valence-electron chi connectivity index (χ2n) is 5.83. The highest BCUT2D eigenvalue weighted by Gasteiger charge is 2.12. The maximum atomic E-state index is 12.0. The predicted molar refractivity (Wildman–Crippen MR) is 93.8 cm³/mol. The minimum absolute atomic E-state index is 0.141. The van der Waals surface area contributed by atoms with Crippen LogP contribution in [-0.4, -0.2) is 11.7 Å². The van der Waals surface area contributed by atoms with Crippen LogP contribution < -0.4 is 5.32 Å². The van der Waals surface area contributed by atoms with Gasteiger partial charge in [0.25, 0.3) is 0 Å². The lowest BCUT2D eigenvalue weighted by Gasteiger charge is -2.11. The molecular formula is C20H23NO2. The first-order valence-corrected chi connectivity index (χ1v) is 8.08. The molecule has 2 aromatic rings. The Labute approximate surface area is 137 Å². The summed E-state index contributed by atoms with van der Waals surface area (Å²) >= 11 is 0. The van der Waals surface area contributed by atoms with Gasteiger partial charge < -0.3 is 5.32 Å². The average Bonchev–Trinajstić information content (AvgIpc) is 2.56. The van der Waals surface area contributed by atoms with Gasteiger partial charge in [-0.3, -0.25) is 9.59 Å². The number of ketones is 1. The topological polar surface area (TPSA) is 46.2 Å². The molecule has 0 radical (unpaired) electrons. The summed E-state index contributed by atoms with van der Waals surface area (Å²) in [4.78, 5) is 24.0. The van der Waals surface area contributed by atoms with Crippen molar-refractivity contribution in [2.75, 3.05) is 5.32 Å². The first kappa shape index (κ1) is 16.9. The third-order valence-electron chi connectivity index (χ3n) is 3.90. The van der Waals surface area contributed by atoms with Crippen LogP contribution in [0.1, 0.15) is 54.9 Å². The lowest BCUT2D eigenvalue weighted by Crippen LogP contribution is -2.16. The van der Waals surface area contributed by atoms with Crippen molar-refractivity contribution >= 4 is 17.4 Å². The highest BCUT2D eigenvalue weighted by Crippen LogP contribution is 2.22. The van der Waals surface area contributed by atoms with Crippen molar-refractivity contribution in [1.29, 1.82) is 0 Å². The molecule has 0 saturated heterocycles. The number of amides is 1. The second-order valence-corrected chi connectivity index (χ2v) is 5.83. The maximum Gasteiger partial charge on any atom is 0.232 e. The zero-order valence-corrected chi connectivity index (χ0v) is 13.7. The largest absolute Gasteiger partial charge is 0.326 e. The SMILES string of the molecule is CCCC(C)c1ccc(NC(=O)CC(=O)c2ccccc2)cc1. The molecular weight excluding hydrogens is 286 g/mol. The Morgan fingerprint density at radius 2 is 1.65 bits per heavy atom. The standard InChI is InChI=1S/C20H23NO2/c1-3-7-15(2)16-10-12-18(13-11-16)21-20(23)14-19(22)17-8-5-4-6-9-17/h4-6,8-13,15H,3,7,14H2,1-2H3,(H,21,23). The van der Waals surface area contributed by atoms with E-state index in [9.17, 15) is 9.59 Å². The predicted octanol–water partition coefficient (Wildman–Crippen LogP) is 4.80. The Bertz CT molecular complexity index is 647. The summed E-state index contributed by atoms with van der Waals surface area (Å²) in [6, 6.07) is 16.7. The van der Waals surface area contributed by atoms with E-state index >= 15 is 0 Å². The Hall–Kier alpha value is -2.42. The van der Waals surface area contributed by atoms with E-state index in [4.69, 9.17) is 0 Å². The fraction of sp³-hybridized carbons (Fsp3) is 0.300. The Morgan fingerprint density at radius 3 is 2.26 bits per heavy atom. The van der Waals surface area contributed by atoms with E-state index in [0.29, 0.717) is 11.5 Å². The van der Waals surface area contributed by atoms with Gasteiger partial charge in [-0.25, -0.2) is 0 Å². The quantitative estimate of drug-likeness (QED) is 0.590. The number of nitrogens with one attached hydrogen (secondary N) is 1. The van der Waals surface area contributed by atoms with E-state index in [0.717, 1.165) is 18.5 Å². The van der Waals surface area contributed by atoms with Crippen LogP contribution >= 0.6 is 0 Å². The number of rotatable bonds is 7. The molecule has 2 aromatic carbocycles. The second kappa shape index (κ2) is 8.28. The molecule has 0 saturated carbocycles. The molecule has 1 N–H and O–H groups in total. The molecule has 1 atom stereocenters. The van der Waals surface area contributed by atoms with Crippen LogP contribution in [-0.2, 0) is 4.79 Å². The van der Waals surface area contributed by atoms with E-state index in [-0.39, 0.29) is 18.1 Å². The Morgan fingerprint density at radius 1 is 1.00 bits per heavy atom. The van der Waals surface area contributed by atoms with E-state index in [1.165, 1.54) is 5.56 Å². The van der Waals surface area contributed by atoms with E-state index < -0.39 is 0 Å². The van der Waals surface area contributed by atoms with Crippen LogP contribution in [0.25, 0.3) is 0 Å². The molecule has 0 aliphatic heterocycles. The minimum Gasteiger partial charge on any atom is -0.326 e. The summed E-state index contributed by atoms with van der Waals surface area (Å²) < 4.78 is 0. The van der Waals surface area contributed by atoms with Crippen LogP contribution in [0.2, 0.25) is 0 Å². The lowest BCUT2D eigenvalue weighted by atomic mass is 9.96. The van der Waals surface area contributed by atoms with Crippen molar-refractivity contribution in [2.45, 2.75) is 39.0 Å². The van der Waals surface area contributed by atoms with Gasteiger partial charge in [-0.1, -0.05) is 62.7 Å². The molecule has 0 aliphatic carbocycles. The van der Waals surface area contributed by atoms with Crippen molar-refractivity contribution in [2.24, 2.45) is 0 Å². The van der Waals surface area contributed by atoms with Gasteiger partial charge in [0.2, 0.25) is 5.91 Å². The third-order valence-corrected chi connectivity index (χ3v) is 3.90. The van der Waals surface area contributed by atoms with Crippen molar-refractivity contribution in [3.63, 3.8) is 0 Å². The summed E-state index contributed by atoms with van der Waals surface area (Å²) in [6.45, 7) is 4.38. The highest BCUT2D eigenvalue weighted by atomic mass is 16.2. The van der Waals surface area contributed by atoms with E-state index in [2.05, 4.69) is 19.2 Å². The molecule has 3 nitrogen and oxygen atoms in total. The molecule has 0 spiro atoms. The van der Waals surface area contributed by atoms with E-state index in [1.807, 2.05) is 30.3 Å². The van der Waals surface area contributed by atoms with Crippen molar-refractivity contribution < 1.29 is 9.59 Å². The molecule has 2 rings (SSSR count). The molecule has 0 bridgehead atoms. The average molecular weight is 309 g/mol. The van der Waals surface area contributed by atoms with Gasteiger partial charge >= 0.3 is 0 Å². The summed E-state index contributed by atoms with van der Waals surface area (Å²) in [7, 11) is 0. The Balaban J connectivity index is 1.91. The van der Waals surface area contributed by atoms with Crippen LogP contribution in [0.15, 0.2) is 54.6 Å². The molecule has 0 fully saturated rings. The van der Waals surface area contributed by atoms with Crippen molar-refractivity contribution in [1.82, 2.24) is 0 Å². The number of carbonyl (C=O) groups is 2. The van der Waals surface area contributed by atoms with Crippen LogP contribution in [0.4, 0.5) is 5.69 Å². The molecule has 1 unspecified atom stereocenters. The smallest absolute Gasteiger partial charge is 0.232 e. The van der Waals surface area contributed by atoms with Gasteiger partial charge in [-0.15, -0.1) is 0 Å². The van der Waals surface area contributed by atoms with Gasteiger partial charge in [0.1, 0.15) is 0 Å². The zero-order chi connectivity index (χ0) is 16.7. The van der Waals surface area contributed by atoms with Gasteiger partial charge in [0.15, 0.2) is 5.78 Å². The Kier molecular flexibility index (Phi) is 6.10. The van der Waals surface area contributed by atoms with Crippen LogP contribution in [0.3, 0.4) is 0 Å². The number of benzene rings is 2. The highest BCUT2D eigenvalue weighted by molar-refractivity contribution is 6.10. The van der Waals surface area contributed by atoms with Gasteiger partial charge in [-0.2, -0.15) is 0 Å². The minimum atomic E-state index is -0.284. The summed E-state index contributed by atoms with van der Waals surface area (Å²) in [5, 5.41) is 2.78. The molecule has 23 heavy (non-hydrogen) atoms. The summed E-state index contributed by atoms with van der Waals surface area (Å²) in [5.41, 5.74) is 2.56. The van der Waals surface area contributed by atoms with E-state index in [1.54, 1.807) is 24.3 Å². The third kappa shape index (κ3) is 5.06. The number of anilines is 1. The molecule has 3 heteroatoms.